The molecule has 1 amide bonds. The van der Waals surface area contributed by atoms with Gasteiger partial charge in [-0.3, -0.25) is 9.63 Å². The molecule has 0 saturated heterocycles. The van der Waals surface area contributed by atoms with Gasteiger partial charge in [-0.25, -0.2) is 5.06 Å². The first kappa shape index (κ1) is 14.5. The Bertz CT molecular complexity index is 394. The smallest absolute Gasteiger partial charge is 0.248 e. The Labute approximate surface area is 107 Å². The molecule has 1 unspecified atom stereocenters. The van der Waals surface area contributed by atoms with Crippen molar-refractivity contribution in [2.75, 3.05) is 20.8 Å². The Morgan fingerprint density at radius 3 is 2.72 bits per heavy atom. The van der Waals surface area contributed by atoms with E-state index in [0.29, 0.717) is 17.9 Å². The molecular weight excluding hydrogens is 234 g/mol. The summed E-state index contributed by atoms with van der Waals surface area (Å²) in [6, 6.07) is 7.14. The van der Waals surface area contributed by atoms with Gasteiger partial charge in [-0.2, -0.15) is 0 Å². The molecule has 1 aromatic carbocycles. The van der Waals surface area contributed by atoms with Crippen LogP contribution in [0.4, 0.5) is 0 Å². The maximum Gasteiger partial charge on any atom is 0.248 e. The van der Waals surface area contributed by atoms with Crippen LogP contribution in [0.3, 0.4) is 0 Å². The fraction of sp³-hybridized carbons (Fsp3) is 0.462. The standard InChI is InChI=1S/C13H19NO4/c1-4-18-12-8-6-5-7-10(12)11(15)9-13(16)14(2)17-3/h5-8,11,15H,4,9H2,1-3H3. The van der Waals surface area contributed by atoms with Crippen molar-refractivity contribution < 1.29 is 19.5 Å². The zero-order valence-electron chi connectivity index (χ0n) is 10.9. The van der Waals surface area contributed by atoms with E-state index in [2.05, 4.69) is 0 Å². The van der Waals surface area contributed by atoms with Gasteiger partial charge in [0.15, 0.2) is 0 Å². The Balaban J connectivity index is 2.77. The molecule has 0 fully saturated rings. The zero-order chi connectivity index (χ0) is 13.5. The van der Waals surface area contributed by atoms with Gasteiger partial charge in [0.25, 0.3) is 0 Å². The van der Waals surface area contributed by atoms with Gasteiger partial charge in [0.2, 0.25) is 5.91 Å². The lowest BCUT2D eigenvalue weighted by atomic mass is 10.1. The summed E-state index contributed by atoms with van der Waals surface area (Å²) in [5.74, 6) is 0.302. The molecule has 18 heavy (non-hydrogen) atoms. The zero-order valence-corrected chi connectivity index (χ0v) is 10.9. The van der Waals surface area contributed by atoms with E-state index < -0.39 is 6.10 Å². The van der Waals surface area contributed by atoms with E-state index in [1.54, 1.807) is 18.2 Å². The average molecular weight is 253 g/mol. The van der Waals surface area contributed by atoms with Crippen LogP contribution in [0.15, 0.2) is 24.3 Å². The Morgan fingerprint density at radius 2 is 2.11 bits per heavy atom. The third-order valence-corrected chi connectivity index (χ3v) is 2.57. The van der Waals surface area contributed by atoms with E-state index in [-0.39, 0.29) is 12.3 Å². The van der Waals surface area contributed by atoms with E-state index >= 15 is 0 Å². The summed E-state index contributed by atoms with van der Waals surface area (Å²) < 4.78 is 5.41. The van der Waals surface area contributed by atoms with Crippen LogP contribution in [-0.2, 0) is 9.63 Å². The normalized spacial score (nSPS) is 12.0. The average Bonchev–Trinajstić information content (AvgIpc) is 2.38. The van der Waals surface area contributed by atoms with Gasteiger partial charge >= 0.3 is 0 Å². The predicted octanol–water partition coefficient (Wildman–Crippen LogP) is 1.53. The number of hydrogen-bond donors (Lipinski definition) is 1. The molecule has 1 N–H and O–H groups in total. The fourth-order valence-electron chi connectivity index (χ4n) is 1.55. The van der Waals surface area contributed by atoms with Crippen molar-refractivity contribution in [2.24, 2.45) is 0 Å². The number of hydrogen-bond acceptors (Lipinski definition) is 4. The van der Waals surface area contributed by atoms with Crippen molar-refractivity contribution >= 4 is 5.91 Å². The van der Waals surface area contributed by atoms with Crippen molar-refractivity contribution in [1.29, 1.82) is 0 Å². The first-order chi connectivity index (χ1) is 8.60. The second kappa shape index (κ2) is 6.98. The SMILES string of the molecule is CCOc1ccccc1C(O)CC(=O)N(C)OC. The molecule has 1 atom stereocenters. The Hall–Kier alpha value is -1.59. The van der Waals surface area contributed by atoms with Crippen LogP contribution in [0.25, 0.3) is 0 Å². The highest BCUT2D eigenvalue weighted by Gasteiger charge is 2.19. The van der Waals surface area contributed by atoms with E-state index in [1.807, 2.05) is 13.0 Å². The highest BCUT2D eigenvalue weighted by Crippen LogP contribution is 2.27. The quantitative estimate of drug-likeness (QED) is 0.781. The summed E-state index contributed by atoms with van der Waals surface area (Å²) in [4.78, 5) is 16.4. The van der Waals surface area contributed by atoms with Crippen LogP contribution in [0.1, 0.15) is 25.0 Å². The molecule has 0 spiro atoms. The molecule has 5 heteroatoms. The van der Waals surface area contributed by atoms with Gasteiger partial charge < -0.3 is 9.84 Å². The molecule has 0 saturated carbocycles. The van der Waals surface area contributed by atoms with Gasteiger partial charge in [0.1, 0.15) is 5.75 Å². The maximum absolute atomic E-state index is 11.6. The first-order valence-electron chi connectivity index (χ1n) is 5.80. The third kappa shape index (κ3) is 3.72. The summed E-state index contributed by atoms with van der Waals surface area (Å²) in [5.41, 5.74) is 0.609. The number of carbonyl (C=O) groups is 1. The molecule has 5 nitrogen and oxygen atoms in total. The molecular formula is C13H19NO4. The number of benzene rings is 1. The van der Waals surface area contributed by atoms with Gasteiger partial charge in [-0.1, -0.05) is 18.2 Å². The van der Waals surface area contributed by atoms with E-state index in [9.17, 15) is 9.90 Å². The largest absolute Gasteiger partial charge is 0.493 e. The number of hydroxylamine groups is 2. The van der Waals surface area contributed by atoms with Crippen molar-refractivity contribution in [3.05, 3.63) is 29.8 Å². The molecule has 0 bridgehead atoms. The van der Waals surface area contributed by atoms with Crippen LogP contribution >= 0.6 is 0 Å². The minimum Gasteiger partial charge on any atom is -0.493 e. The van der Waals surface area contributed by atoms with E-state index in [4.69, 9.17) is 9.57 Å². The second-order valence-electron chi connectivity index (χ2n) is 3.76. The molecule has 100 valence electrons. The highest BCUT2D eigenvalue weighted by molar-refractivity contribution is 5.75. The Morgan fingerprint density at radius 1 is 1.44 bits per heavy atom. The summed E-state index contributed by atoms with van der Waals surface area (Å²) in [6.07, 6.45) is -0.952. The monoisotopic (exact) mass is 253 g/mol. The molecule has 1 aromatic rings. The summed E-state index contributed by atoms with van der Waals surface area (Å²) >= 11 is 0. The van der Waals surface area contributed by atoms with Crippen LogP contribution in [0.5, 0.6) is 5.75 Å². The number of rotatable bonds is 6. The number of ether oxygens (including phenoxy) is 1. The number of aliphatic hydroxyl groups excluding tert-OH is 1. The lowest BCUT2D eigenvalue weighted by Crippen LogP contribution is -2.26. The van der Waals surface area contributed by atoms with E-state index in [1.165, 1.54) is 14.2 Å². The lowest BCUT2D eigenvalue weighted by Gasteiger charge is -2.18. The van der Waals surface area contributed by atoms with Crippen LogP contribution in [0.2, 0.25) is 0 Å². The van der Waals surface area contributed by atoms with Gasteiger partial charge in [-0.05, 0) is 13.0 Å². The molecule has 0 heterocycles. The van der Waals surface area contributed by atoms with Gasteiger partial charge in [0, 0.05) is 12.6 Å². The van der Waals surface area contributed by atoms with Gasteiger partial charge in [-0.15, -0.1) is 0 Å². The van der Waals surface area contributed by atoms with Crippen molar-refractivity contribution in [2.45, 2.75) is 19.4 Å². The fourth-order valence-corrected chi connectivity index (χ4v) is 1.55. The van der Waals surface area contributed by atoms with Crippen molar-refractivity contribution in [1.82, 2.24) is 5.06 Å². The molecule has 1 rings (SSSR count). The summed E-state index contributed by atoms with van der Waals surface area (Å²) in [7, 11) is 2.90. The maximum atomic E-state index is 11.6. The van der Waals surface area contributed by atoms with Crippen molar-refractivity contribution in [3.8, 4) is 5.75 Å². The highest BCUT2D eigenvalue weighted by atomic mass is 16.7. The number of para-hydroxylation sites is 1. The number of carbonyl (C=O) groups excluding carboxylic acids is 1. The Kier molecular flexibility index (Phi) is 5.61. The molecule has 0 radical (unpaired) electrons. The molecule has 0 aromatic heterocycles. The number of amides is 1. The predicted molar refractivity (Wildman–Crippen MR) is 67.0 cm³/mol. The van der Waals surface area contributed by atoms with Crippen LogP contribution < -0.4 is 4.74 Å². The summed E-state index contributed by atoms with van der Waals surface area (Å²) in [6.45, 7) is 2.38. The number of aliphatic hydroxyl groups is 1. The van der Waals surface area contributed by atoms with Crippen LogP contribution in [0, 0.1) is 0 Å². The topological polar surface area (TPSA) is 59.0 Å². The molecule has 0 aliphatic carbocycles. The number of nitrogens with zero attached hydrogens (tertiary/aromatic N) is 1. The third-order valence-electron chi connectivity index (χ3n) is 2.57. The first-order valence-corrected chi connectivity index (χ1v) is 5.80. The van der Waals surface area contributed by atoms with E-state index in [0.717, 1.165) is 5.06 Å². The lowest BCUT2D eigenvalue weighted by molar-refractivity contribution is -0.170. The second-order valence-corrected chi connectivity index (χ2v) is 3.76. The van der Waals surface area contributed by atoms with Gasteiger partial charge in [0.05, 0.1) is 26.2 Å². The summed E-state index contributed by atoms with van der Waals surface area (Å²) in [5, 5.41) is 11.1. The van der Waals surface area contributed by atoms with Crippen LogP contribution in [-0.4, -0.2) is 36.8 Å². The van der Waals surface area contributed by atoms with Crippen molar-refractivity contribution in [3.63, 3.8) is 0 Å². The minimum atomic E-state index is -0.905. The minimum absolute atomic E-state index is 0.0472. The molecule has 0 aliphatic rings. The molecule has 0 aliphatic heterocycles.